The van der Waals surface area contributed by atoms with E-state index in [-0.39, 0.29) is 30.5 Å². The molecular formula is C22H36O6. The Balaban J connectivity index is 2.30. The highest BCUT2D eigenvalue weighted by Crippen LogP contribution is 2.48. The molecule has 160 valence electrons. The summed E-state index contributed by atoms with van der Waals surface area (Å²) in [4.78, 5) is 13.4. The van der Waals surface area contributed by atoms with Crippen molar-refractivity contribution in [3.8, 4) is 0 Å². The number of ether oxygens (including phenoxy) is 3. The van der Waals surface area contributed by atoms with Crippen LogP contribution in [0.4, 0.5) is 0 Å². The minimum atomic E-state index is -1.56. The van der Waals surface area contributed by atoms with Gasteiger partial charge in [-0.1, -0.05) is 27.7 Å². The Morgan fingerprint density at radius 3 is 2.50 bits per heavy atom. The molecule has 0 bridgehead atoms. The number of carbonyl (C=O) groups is 1. The summed E-state index contributed by atoms with van der Waals surface area (Å²) in [6.07, 6.45) is 0.358. The lowest BCUT2D eigenvalue weighted by Crippen LogP contribution is -2.62. The van der Waals surface area contributed by atoms with Gasteiger partial charge >= 0.3 is 0 Å². The van der Waals surface area contributed by atoms with Crippen LogP contribution in [0.5, 0.6) is 0 Å². The zero-order valence-corrected chi connectivity index (χ0v) is 18.3. The number of ketones is 1. The van der Waals surface area contributed by atoms with E-state index in [1.54, 1.807) is 7.11 Å². The van der Waals surface area contributed by atoms with Gasteiger partial charge in [0, 0.05) is 18.9 Å². The molecule has 1 saturated carbocycles. The standard InChI is InChI=1S/C22H36O6/c1-8-18-15(4)20(27-12-26-10-9-25-7)17(6)22(24,21(18)23)16(5)19-13(2)11-14(3)28-19/h11,15-18,20,24H,8-10,12H2,1-7H3/t15-,16+,17-,18-,20+,22+/m1/s1. The Labute approximate surface area is 168 Å². The topological polar surface area (TPSA) is 78.1 Å². The van der Waals surface area contributed by atoms with Crippen LogP contribution in [0.15, 0.2) is 10.5 Å². The van der Waals surface area contributed by atoms with Crippen LogP contribution in [-0.2, 0) is 19.0 Å². The molecule has 1 aromatic rings. The summed E-state index contributed by atoms with van der Waals surface area (Å²) in [7, 11) is 1.62. The van der Waals surface area contributed by atoms with E-state index in [1.807, 2.05) is 47.6 Å². The van der Waals surface area contributed by atoms with E-state index >= 15 is 0 Å². The van der Waals surface area contributed by atoms with Gasteiger partial charge in [0.1, 0.15) is 23.9 Å². The van der Waals surface area contributed by atoms with E-state index in [0.717, 1.165) is 11.3 Å². The van der Waals surface area contributed by atoms with E-state index in [1.165, 1.54) is 0 Å². The predicted molar refractivity (Wildman–Crippen MR) is 106 cm³/mol. The van der Waals surface area contributed by atoms with Crippen LogP contribution in [0.1, 0.15) is 57.1 Å². The number of aryl methyl sites for hydroxylation is 2. The molecule has 0 radical (unpaired) electrons. The number of Topliss-reactive ketones (excluding diaryl/α,β-unsaturated/α-hetero) is 1. The Kier molecular flexibility index (Phi) is 7.85. The summed E-state index contributed by atoms with van der Waals surface area (Å²) in [5, 5.41) is 11.7. The molecule has 6 heteroatoms. The van der Waals surface area contributed by atoms with E-state index in [0.29, 0.717) is 25.4 Å². The number of rotatable bonds is 9. The highest BCUT2D eigenvalue weighted by Gasteiger charge is 2.58. The van der Waals surface area contributed by atoms with Crippen LogP contribution >= 0.6 is 0 Å². The van der Waals surface area contributed by atoms with Gasteiger partial charge in [0.15, 0.2) is 5.78 Å². The summed E-state index contributed by atoms with van der Waals surface area (Å²) in [6.45, 7) is 12.6. The van der Waals surface area contributed by atoms with E-state index in [2.05, 4.69) is 0 Å². The molecule has 1 aliphatic rings. The fraction of sp³-hybridized carbons (Fsp3) is 0.773. The Morgan fingerprint density at radius 1 is 1.29 bits per heavy atom. The van der Waals surface area contributed by atoms with Crippen molar-refractivity contribution in [2.24, 2.45) is 17.8 Å². The molecule has 0 spiro atoms. The molecule has 1 aliphatic carbocycles. The maximum Gasteiger partial charge on any atom is 0.168 e. The van der Waals surface area contributed by atoms with Gasteiger partial charge in [0.2, 0.25) is 0 Å². The molecule has 2 rings (SSSR count). The second kappa shape index (κ2) is 9.53. The van der Waals surface area contributed by atoms with E-state index in [4.69, 9.17) is 18.6 Å². The zero-order chi connectivity index (χ0) is 21.1. The van der Waals surface area contributed by atoms with E-state index in [9.17, 15) is 9.90 Å². The SMILES string of the molecule is CC[C@H]1C(=O)[C@](O)([C@@H](C)c2oc(C)cc2C)[C@H](C)[C@@H](OCOCCOC)[C@@H]1C. The summed E-state index contributed by atoms with van der Waals surface area (Å²) in [5.74, 6) is 0.179. The molecule has 6 atom stereocenters. The molecule has 1 heterocycles. The van der Waals surface area contributed by atoms with Crippen LogP contribution in [0.2, 0.25) is 0 Å². The van der Waals surface area contributed by atoms with Gasteiger partial charge < -0.3 is 23.7 Å². The minimum Gasteiger partial charge on any atom is -0.466 e. The Bertz CT molecular complexity index is 653. The molecule has 1 aromatic heterocycles. The molecule has 6 nitrogen and oxygen atoms in total. The first-order valence-electron chi connectivity index (χ1n) is 10.2. The predicted octanol–water partition coefficient (Wildman–Crippen LogP) is 3.62. The molecule has 1 fully saturated rings. The van der Waals surface area contributed by atoms with Crippen molar-refractivity contribution >= 4 is 5.78 Å². The lowest BCUT2D eigenvalue weighted by atomic mass is 9.59. The molecule has 0 unspecified atom stereocenters. The first-order chi connectivity index (χ1) is 13.2. The third-order valence-electron chi connectivity index (χ3n) is 6.42. The summed E-state index contributed by atoms with van der Waals surface area (Å²) < 4.78 is 22.3. The summed E-state index contributed by atoms with van der Waals surface area (Å²) >= 11 is 0. The number of methoxy groups -OCH3 is 1. The van der Waals surface area contributed by atoms with Gasteiger partial charge in [-0.25, -0.2) is 0 Å². The zero-order valence-electron chi connectivity index (χ0n) is 18.3. The lowest BCUT2D eigenvalue weighted by molar-refractivity contribution is -0.201. The van der Waals surface area contributed by atoms with Gasteiger partial charge in [0.05, 0.1) is 25.2 Å². The molecule has 28 heavy (non-hydrogen) atoms. The van der Waals surface area contributed by atoms with Gasteiger partial charge in [-0.05, 0) is 37.8 Å². The minimum absolute atomic E-state index is 0.00886. The van der Waals surface area contributed by atoms with Gasteiger partial charge in [-0.15, -0.1) is 0 Å². The molecular weight excluding hydrogens is 360 g/mol. The van der Waals surface area contributed by atoms with Crippen LogP contribution in [0.3, 0.4) is 0 Å². The van der Waals surface area contributed by atoms with Crippen molar-refractivity contribution < 1.29 is 28.5 Å². The first kappa shape index (κ1) is 23.1. The normalized spacial score (nSPS) is 31.9. The van der Waals surface area contributed by atoms with Crippen molar-refractivity contribution in [1.29, 1.82) is 0 Å². The lowest BCUT2D eigenvalue weighted by Gasteiger charge is -2.50. The van der Waals surface area contributed by atoms with Crippen molar-refractivity contribution in [2.45, 2.75) is 65.6 Å². The smallest absolute Gasteiger partial charge is 0.168 e. The number of aliphatic hydroxyl groups is 1. The fourth-order valence-corrected chi connectivity index (χ4v) is 4.77. The van der Waals surface area contributed by atoms with Crippen molar-refractivity contribution in [2.75, 3.05) is 27.1 Å². The quantitative estimate of drug-likeness (QED) is 0.507. The molecule has 0 aliphatic heterocycles. The van der Waals surface area contributed by atoms with E-state index < -0.39 is 17.4 Å². The van der Waals surface area contributed by atoms with Crippen molar-refractivity contribution in [1.82, 2.24) is 0 Å². The average molecular weight is 397 g/mol. The van der Waals surface area contributed by atoms with Gasteiger partial charge in [-0.2, -0.15) is 0 Å². The summed E-state index contributed by atoms with van der Waals surface area (Å²) in [6, 6.07) is 1.94. The molecule has 0 amide bonds. The third kappa shape index (κ3) is 4.20. The van der Waals surface area contributed by atoms with Crippen LogP contribution in [-0.4, -0.2) is 49.7 Å². The molecule has 1 N–H and O–H groups in total. The molecule has 0 aromatic carbocycles. The monoisotopic (exact) mass is 396 g/mol. The molecule has 0 saturated heterocycles. The van der Waals surface area contributed by atoms with Gasteiger partial charge in [0.25, 0.3) is 0 Å². The van der Waals surface area contributed by atoms with Crippen LogP contribution in [0.25, 0.3) is 0 Å². The second-order valence-electron chi connectivity index (χ2n) is 8.13. The first-order valence-corrected chi connectivity index (χ1v) is 10.2. The summed E-state index contributed by atoms with van der Waals surface area (Å²) in [5.41, 5.74) is -0.607. The van der Waals surface area contributed by atoms with Crippen LogP contribution < -0.4 is 0 Å². The van der Waals surface area contributed by atoms with Crippen molar-refractivity contribution in [3.05, 3.63) is 23.2 Å². The second-order valence-corrected chi connectivity index (χ2v) is 8.13. The Morgan fingerprint density at radius 2 is 1.96 bits per heavy atom. The largest absolute Gasteiger partial charge is 0.466 e. The Hall–Kier alpha value is -1.21. The van der Waals surface area contributed by atoms with Crippen LogP contribution in [0, 0.1) is 31.6 Å². The number of furan rings is 1. The van der Waals surface area contributed by atoms with Gasteiger partial charge in [-0.3, -0.25) is 4.79 Å². The number of carbonyl (C=O) groups excluding carboxylic acids is 1. The maximum atomic E-state index is 13.4. The highest BCUT2D eigenvalue weighted by atomic mass is 16.7. The maximum absolute atomic E-state index is 13.4. The number of hydrogen-bond donors (Lipinski definition) is 1. The third-order valence-corrected chi connectivity index (χ3v) is 6.42. The average Bonchev–Trinajstić information content (AvgIpc) is 3.00. The highest BCUT2D eigenvalue weighted by molar-refractivity contribution is 5.92. The fourth-order valence-electron chi connectivity index (χ4n) is 4.77. The van der Waals surface area contributed by atoms with Crippen molar-refractivity contribution in [3.63, 3.8) is 0 Å². The number of hydrogen-bond acceptors (Lipinski definition) is 6.